The molecule has 1 aromatic rings. The third kappa shape index (κ3) is 2.08. The number of halogens is 2. The second-order valence-corrected chi connectivity index (χ2v) is 3.44. The maximum atomic E-state index is 13.5. The highest BCUT2D eigenvalue weighted by Gasteiger charge is 2.33. The average Bonchev–Trinajstić information content (AvgIpc) is 2.17. The van der Waals surface area contributed by atoms with Gasteiger partial charge in [-0.3, -0.25) is 0 Å². The van der Waals surface area contributed by atoms with Gasteiger partial charge in [0.2, 0.25) is 0 Å². The van der Waals surface area contributed by atoms with Gasteiger partial charge < -0.3 is 10.8 Å². The molecule has 3 N–H and O–H groups in total. The van der Waals surface area contributed by atoms with Crippen molar-refractivity contribution in [1.82, 2.24) is 0 Å². The first-order valence-corrected chi connectivity index (χ1v) is 4.29. The molecule has 0 aliphatic heterocycles. The zero-order chi connectivity index (χ0) is 10.8. The molecule has 0 saturated carbocycles. The van der Waals surface area contributed by atoms with Crippen LogP contribution in [-0.4, -0.2) is 17.4 Å². The van der Waals surface area contributed by atoms with E-state index in [9.17, 15) is 8.78 Å². The zero-order valence-corrected chi connectivity index (χ0v) is 7.87. The zero-order valence-electron chi connectivity index (χ0n) is 7.87. The van der Waals surface area contributed by atoms with E-state index in [0.717, 1.165) is 6.92 Å². The highest BCUT2D eigenvalue weighted by molar-refractivity contribution is 5.23. The number of hydrogen-bond donors (Lipinski definition) is 2. The van der Waals surface area contributed by atoms with Crippen LogP contribution in [-0.2, 0) is 0 Å². The Morgan fingerprint density at radius 1 is 1.50 bits per heavy atom. The van der Waals surface area contributed by atoms with Crippen molar-refractivity contribution in [3.63, 3.8) is 0 Å². The lowest BCUT2D eigenvalue weighted by Gasteiger charge is -2.25. The van der Waals surface area contributed by atoms with Crippen LogP contribution in [0.2, 0.25) is 0 Å². The predicted molar refractivity (Wildman–Crippen MR) is 49.9 cm³/mol. The van der Waals surface area contributed by atoms with Crippen molar-refractivity contribution in [3.05, 3.63) is 35.6 Å². The molecule has 0 aromatic heterocycles. The maximum Gasteiger partial charge on any atom is 0.150 e. The molecule has 0 radical (unpaired) electrons. The highest BCUT2D eigenvalue weighted by atomic mass is 19.1. The molecular weight excluding hydrogens is 188 g/mol. The lowest BCUT2D eigenvalue weighted by atomic mass is 9.93. The minimum atomic E-state index is -2.01. The van der Waals surface area contributed by atoms with E-state index in [1.54, 1.807) is 6.07 Å². The van der Waals surface area contributed by atoms with Crippen molar-refractivity contribution in [2.45, 2.75) is 18.6 Å². The Kier molecular flexibility index (Phi) is 3.18. The molecule has 78 valence electrons. The summed E-state index contributed by atoms with van der Waals surface area (Å²) in [6.45, 7) is 0.409. The predicted octanol–water partition coefficient (Wildman–Crippen LogP) is 1.55. The third-order valence-corrected chi connectivity index (χ3v) is 2.20. The Bertz CT molecular complexity index is 315. The van der Waals surface area contributed by atoms with Crippen molar-refractivity contribution in [2.24, 2.45) is 5.73 Å². The quantitative estimate of drug-likeness (QED) is 0.779. The lowest BCUT2D eigenvalue weighted by Crippen LogP contribution is -2.38. The molecule has 0 spiro atoms. The third-order valence-electron chi connectivity index (χ3n) is 2.20. The molecule has 0 aliphatic rings. The van der Waals surface area contributed by atoms with Gasteiger partial charge in [0, 0.05) is 5.56 Å². The summed E-state index contributed by atoms with van der Waals surface area (Å²) in [5.74, 6) is -0.558. The van der Waals surface area contributed by atoms with Gasteiger partial charge in [-0.25, -0.2) is 8.78 Å². The first-order chi connectivity index (χ1) is 6.49. The standard InChI is InChI=1S/C10H13F2NO/c1-10(12,6-14)9(13)7-4-2-3-5-8(7)11/h2-5,9,14H,6,13H2,1H3/t9?,10-/m0/s1. The van der Waals surface area contributed by atoms with Crippen LogP contribution in [0.4, 0.5) is 8.78 Å². The summed E-state index contributed by atoms with van der Waals surface area (Å²) >= 11 is 0. The second kappa shape index (κ2) is 4.02. The molecule has 2 nitrogen and oxygen atoms in total. The Labute approximate surface area is 81.4 Å². The van der Waals surface area contributed by atoms with Gasteiger partial charge >= 0.3 is 0 Å². The van der Waals surface area contributed by atoms with Crippen molar-refractivity contribution in [3.8, 4) is 0 Å². The number of alkyl halides is 1. The fourth-order valence-electron chi connectivity index (χ4n) is 1.15. The van der Waals surface area contributed by atoms with Crippen LogP contribution in [0.3, 0.4) is 0 Å². The molecule has 4 heteroatoms. The second-order valence-electron chi connectivity index (χ2n) is 3.44. The minimum absolute atomic E-state index is 0.0755. The van der Waals surface area contributed by atoms with Gasteiger partial charge in [-0.1, -0.05) is 18.2 Å². The molecule has 1 aromatic carbocycles. The van der Waals surface area contributed by atoms with Crippen molar-refractivity contribution >= 4 is 0 Å². The van der Waals surface area contributed by atoms with Gasteiger partial charge in [0.15, 0.2) is 0 Å². The number of nitrogens with two attached hydrogens (primary N) is 1. The molecule has 1 rings (SSSR count). The van der Waals surface area contributed by atoms with Crippen LogP contribution in [0.15, 0.2) is 24.3 Å². The lowest BCUT2D eigenvalue weighted by molar-refractivity contribution is 0.0620. The topological polar surface area (TPSA) is 46.2 Å². The summed E-state index contributed by atoms with van der Waals surface area (Å²) in [7, 11) is 0. The largest absolute Gasteiger partial charge is 0.393 e. The maximum absolute atomic E-state index is 13.5. The van der Waals surface area contributed by atoms with E-state index in [2.05, 4.69) is 0 Å². The molecule has 0 heterocycles. The Balaban J connectivity index is 3.00. The summed E-state index contributed by atoms with van der Waals surface area (Å²) in [6.07, 6.45) is 0. The first-order valence-electron chi connectivity index (χ1n) is 4.29. The Hall–Kier alpha value is -1.00. The number of benzene rings is 1. The van der Waals surface area contributed by atoms with E-state index < -0.39 is 24.1 Å². The van der Waals surface area contributed by atoms with E-state index >= 15 is 0 Å². The molecular formula is C10H13F2NO. The molecule has 14 heavy (non-hydrogen) atoms. The SMILES string of the molecule is C[C@](F)(CO)C(N)c1ccccc1F. The average molecular weight is 201 g/mol. The van der Waals surface area contributed by atoms with E-state index in [-0.39, 0.29) is 5.56 Å². The van der Waals surface area contributed by atoms with Crippen molar-refractivity contribution < 1.29 is 13.9 Å². The Morgan fingerprint density at radius 2 is 2.07 bits per heavy atom. The smallest absolute Gasteiger partial charge is 0.150 e. The van der Waals surface area contributed by atoms with E-state index in [0.29, 0.717) is 0 Å². The van der Waals surface area contributed by atoms with Crippen LogP contribution < -0.4 is 5.73 Å². The monoisotopic (exact) mass is 201 g/mol. The van der Waals surface area contributed by atoms with Gasteiger partial charge in [-0.05, 0) is 13.0 Å². The molecule has 0 amide bonds. The summed E-state index contributed by atoms with van der Waals surface area (Å²) < 4.78 is 26.7. The number of aliphatic hydroxyl groups excluding tert-OH is 1. The Morgan fingerprint density at radius 3 is 2.57 bits per heavy atom. The van der Waals surface area contributed by atoms with Crippen molar-refractivity contribution in [2.75, 3.05) is 6.61 Å². The van der Waals surface area contributed by atoms with Crippen molar-refractivity contribution in [1.29, 1.82) is 0 Å². The molecule has 2 atom stereocenters. The van der Waals surface area contributed by atoms with Gasteiger partial charge in [0.1, 0.15) is 11.5 Å². The van der Waals surface area contributed by atoms with Crippen LogP contribution >= 0.6 is 0 Å². The minimum Gasteiger partial charge on any atom is -0.393 e. The van der Waals surface area contributed by atoms with Crippen LogP contribution in [0.25, 0.3) is 0 Å². The first kappa shape index (κ1) is 11.1. The van der Waals surface area contributed by atoms with Gasteiger partial charge in [-0.2, -0.15) is 0 Å². The molecule has 1 unspecified atom stereocenters. The van der Waals surface area contributed by atoms with Crippen LogP contribution in [0.5, 0.6) is 0 Å². The van der Waals surface area contributed by atoms with Crippen LogP contribution in [0.1, 0.15) is 18.5 Å². The van der Waals surface area contributed by atoms with Crippen LogP contribution in [0, 0.1) is 5.82 Å². The number of rotatable bonds is 3. The summed E-state index contributed by atoms with van der Waals surface area (Å²) in [5.41, 5.74) is 3.57. The van der Waals surface area contributed by atoms with Gasteiger partial charge in [0.25, 0.3) is 0 Å². The molecule has 0 saturated heterocycles. The molecule has 0 fully saturated rings. The van der Waals surface area contributed by atoms with Gasteiger partial charge in [0.05, 0.1) is 12.6 Å². The summed E-state index contributed by atoms with van der Waals surface area (Å²) in [4.78, 5) is 0. The van der Waals surface area contributed by atoms with E-state index in [1.165, 1.54) is 18.2 Å². The van der Waals surface area contributed by atoms with E-state index in [1.807, 2.05) is 0 Å². The molecule has 0 aliphatic carbocycles. The van der Waals surface area contributed by atoms with E-state index in [4.69, 9.17) is 10.8 Å². The normalized spacial score (nSPS) is 17.5. The van der Waals surface area contributed by atoms with Gasteiger partial charge in [-0.15, -0.1) is 0 Å². The molecule has 0 bridgehead atoms. The number of hydrogen-bond acceptors (Lipinski definition) is 2. The fraction of sp³-hybridized carbons (Fsp3) is 0.400. The highest BCUT2D eigenvalue weighted by Crippen LogP contribution is 2.28. The fourth-order valence-corrected chi connectivity index (χ4v) is 1.15. The summed E-state index contributed by atoms with van der Waals surface area (Å²) in [6, 6.07) is 4.54. The number of aliphatic hydroxyl groups is 1. The summed E-state index contributed by atoms with van der Waals surface area (Å²) in [5, 5.41) is 8.74.